The summed E-state index contributed by atoms with van der Waals surface area (Å²) in [5.74, 6) is -2.74. The number of halogens is 1. The number of hydrogen-bond acceptors (Lipinski definition) is 4. The first-order chi connectivity index (χ1) is 16.9. The Bertz CT molecular complexity index is 1110. The predicted molar refractivity (Wildman–Crippen MR) is 103 cm³/mol. The fourth-order valence-electron chi connectivity index (χ4n) is 3.05. The van der Waals surface area contributed by atoms with Crippen molar-refractivity contribution in [2.45, 2.75) is 19.2 Å². The van der Waals surface area contributed by atoms with Crippen molar-refractivity contribution in [2.75, 3.05) is 33.7 Å². The zero-order valence-corrected chi connectivity index (χ0v) is 14.5. The summed E-state index contributed by atoms with van der Waals surface area (Å²) in [6.45, 7) is -2.47. The molecule has 0 aromatic heterocycles. The van der Waals surface area contributed by atoms with E-state index in [0.29, 0.717) is 0 Å². The lowest BCUT2D eigenvalue weighted by Gasteiger charge is -2.31. The van der Waals surface area contributed by atoms with Gasteiger partial charge in [-0.15, -0.1) is 0 Å². The molecule has 0 spiro atoms. The summed E-state index contributed by atoms with van der Waals surface area (Å²) >= 11 is 0. The van der Waals surface area contributed by atoms with E-state index in [4.69, 9.17) is 23.2 Å². The van der Waals surface area contributed by atoms with Gasteiger partial charge in [-0.25, -0.2) is 4.39 Å². The van der Waals surface area contributed by atoms with E-state index in [1.165, 1.54) is 35.2 Å². The highest BCUT2D eigenvalue weighted by Crippen LogP contribution is 2.34. The smallest absolute Gasteiger partial charge is 0.171 e. The quantitative estimate of drug-likeness (QED) is 0.680. The SMILES string of the molecule is [2H]C([2H])([2H])Oc1cccc(C(=O)C2CCN(C([2H])([2H])C([2H])([2H])c3ccc(F)cc3)CC2)c1OC([2H])([2H])[2H]. The highest BCUT2D eigenvalue weighted by Gasteiger charge is 2.28. The average Bonchev–Trinajstić information content (AvgIpc) is 2.78. The second-order valence-corrected chi connectivity index (χ2v) is 6.21. The number of hydrogen-bond donors (Lipinski definition) is 0. The molecule has 27 heavy (non-hydrogen) atoms. The third kappa shape index (κ3) is 4.66. The minimum atomic E-state index is -2.99. The molecule has 0 N–H and O–H groups in total. The van der Waals surface area contributed by atoms with Crippen molar-refractivity contribution in [3.63, 3.8) is 0 Å². The van der Waals surface area contributed by atoms with Crippen LogP contribution in [0.15, 0.2) is 42.5 Å². The van der Waals surface area contributed by atoms with Crippen LogP contribution in [0, 0.1) is 11.7 Å². The Morgan fingerprint density at radius 2 is 1.93 bits per heavy atom. The van der Waals surface area contributed by atoms with E-state index in [9.17, 15) is 9.18 Å². The molecular weight excluding hydrogens is 345 g/mol. The molecule has 0 aliphatic carbocycles. The summed E-state index contributed by atoms with van der Waals surface area (Å²) in [5.41, 5.74) is -0.212. The third-order valence-corrected chi connectivity index (χ3v) is 4.52. The molecule has 1 aliphatic heterocycles. The summed E-state index contributed by atoms with van der Waals surface area (Å²) in [4.78, 5) is 14.6. The Balaban J connectivity index is 1.81. The van der Waals surface area contributed by atoms with Gasteiger partial charge in [-0.2, -0.15) is 0 Å². The molecule has 0 bridgehead atoms. The lowest BCUT2D eigenvalue weighted by molar-refractivity contribution is 0.0837. The molecule has 0 saturated carbocycles. The van der Waals surface area contributed by atoms with Crippen LogP contribution in [-0.2, 0) is 6.37 Å². The maximum atomic E-state index is 13.3. The minimum absolute atomic E-state index is 0.00499. The average molecular weight is 382 g/mol. The fourth-order valence-corrected chi connectivity index (χ4v) is 3.05. The number of aryl methyl sites for hydroxylation is 1. The summed E-state index contributed by atoms with van der Waals surface area (Å²) < 4.78 is 101. The molecular formula is C22H26FNO3. The van der Waals surface area contributed by atoms with Crippen molar-refractivity contribution in [1.29, 1.82) is 0 Å². The van der Waals surface area contributed by atoms with Crippen molar-refractivity contribution in [3.8, 4) is 11.5 Å². The largest absolute Gasteiger partial charge is 0.493 e. The first-order valence-corrected chi connectivity index (χ1v) is 8.49. The van der Waals surface area contributed by atoms with Gasteiger partial charge in [0.1, 0.15) is 5.82 Å². The topological polar surface area (TPSA) is 38.8 Å². The number of ether oxygens (including phenoxy) is 2. The molecule has 1 fully saturated rings. The Kier molecular flexibility index (Phi) is 3.41. The van der Waals surface area contributed by atoms with Gasteiger partial charge in [0, 0.05) is 17.9 Å². The van der Waals surface area contributed by atoms with E-state index in [1.807, 2.05) is 0 Å². The van der Waals surface area contributed by atoms with Gasteiger partial charge >= 0.3 is 0 Å². The number of carbonyl (C=O) groups is 1. The highest BCUT2D eigenvalue weighted by molar-refractivity contribution is 6.01. The van der Waals surface area contributed by atoms with Crippen LogP contribution in [0.3, 0.4) is 0 Å². The molecule has 0 radical (unpaired) electrons. The standard InChI is InChI=1S/C22H26FNO3/c1-26-20-5-3-4-19(22(20)27-2)21(25)17-11-14-24(15-12-17)13-10-16-6-8-18(23)9-7-16/h3-9,17H,10-15H2,1-2H3/i1D3,2D3,10D2,13D2. The van der Waals surface area contributed by atoms with Crippen LogP contribution in [-0.4, -0.2) is 44.3 Å². The van der Waals surface area contributed by atoms with Gasteiger partial charge in [-0.05, 0) is 62.1 Å². The Morgan fingerprint density at radius 1 is 1.19 bits per heavy atom. The van der Waals surface area contributed by atoms with E-state index < -0.39 is 56.0 Å². The van der Waals surface area contributed by atoms with Gasteiger partial charge in [-0.1, -0.05) is 18.2 Å². The number of nitrogens with zero attached hydrogens (tertiary/aromatic N) is 1. The van der Waals surface area contributed by atoms with Gasteiger partial charge in [-0.3, -0.25) is 4.79 Å². The van der Waals surface area contributed by atoms with Crippen molar-refractivity contribution in [1.82, 2.24) is 4.90 Å². The zero-order chi connectivity index (χ0) is 27.8. The van der Waals surface area contributed by atoms with Gasteiger partial charge in [0.25, 0.3) is 0 Å². The van der Waals surface area contributed by atoms with Crippen molar-refractivity contribution < 1.29 is 32.4 Å². The lowest BCUT2D eigenvalue weighted by atomic mass is 9.88. The summed E-state index contributed by atoms with van der Waals surface area (Å²) in [7, 11) is -5.91. The number of methoxy groups -OCH3 is 2. The van der Waals surface area contributed by atoms with Crippen molar-refractivity contribution in [3.05, 3.63) is 59.4 Å². The van der Waals surface area contributed by atoms with Gasteiger partial charge in [0.05, 0.1) is 27.9 Å². The maximum Gasteiger partial charge on any atom is 0.171 e. The van der Waals surface area contributed by atoms with Crippen LogP contribution in [0.1, 0.15) is 42.5 Å². The number of rotatable bonds is 7. The summed E-state index contributed by atoms with van der Waals surface area (Å²) in [6.07, 6.45) is -2.25. The highest BCUT2D eigenvalue weighted by atomic mass is 19.1. The fraction of sp³-hybridized carbons (Fsp3) is 0.409. The van der Waals surface area contributed by atoms with Crippen LogP contribution in [0.2, 0.25) is 0 Å². The molecule has 0 unspecified atom stereocenters. The molecule has 0 atom stereocenters. The number of likely N-dealkylation sites (tertiary alicyclic amines) is 1. The molecule has 2 aromatic rings. The van der Waals surface area contributed by atoms with Crippen LogP contribution in [0.4, 0.5) is 4.39 Å². The maximum absolute atomic E-state index is 13.3. The number of piperidine rings is 1. The molecule has 4 nitrogen and oxygen atoms in total. The number of Topliss-reactive ketones (excluding diaryl/α,β-unsaturated/α-hetero) is 1. The van der Waals surface area contributed by atoms with E-state index in [1.54, 1.807) is 0 Å². The minimum Gasteiger partial charge on any atom is -0.493 e. The Morgan fingerprint density at radius 3 is 2.63 bits per heavy atom. The van der Waals surface area contributed by atoms with Crippen LogP contribution in [0.25, 0.3) is 0 Å². The molecule has 5 heteroatoms. The van der Waals surface area contributed by atoms with Gasteiger partial charge in [0.2, 0.25) is 0 Å². The Hall–Kier alpha value is -2.40. The van der Waals surface area contributed by atoms with Crippen molar-refractivity contribution >= 4 is 5.78 Å². The molecule has 144 valence electrons. The van der Waals surface area contributed by atoms with E-state index in [0.717, 1.165) is 12.1 Å². The monoisotopic (exact) mass is 381 g/mol. The normalized spacial score (nSPS) is 23.0. The second kappa shape index (κ2) is 9.00. The van der Waals surface area contributed by atoms with Crippen LogP contribution < -0.4 is 9.47 Å². The van der Waals surface area contributed by atoms with E-state index >= 15 is 0 Å². The van der Waals surface area contributed by atoms with Crippen molar-refractivity contribution in [2.24, 2.45) is 5.92 Å². The number of benzene rings is 2. The Labute approximate surface area is 173 Å². The first kappa shape index (κ1) is 10.2. The molecule has 1 heterocycles. The third-order valence-electron chi connectivity index (χ3n) is 4.52. The second-order valence-electron chi connectivity index (χ2n) is 6.21. The molecule has 2 aromatic carbocycles. The molecule has 1 saturated heterocycles. The summed E-state index contributed by atoms with van der Waals surface area (Å²) in [5, 5.41) is 0. The summed E-state index contributed by atoms with van der Waals surface area (Å²) in [6, 6.07) is 8.29. The number of para-hydroxylation sites is 1. The number of ketones is 1. The number of carbonyl (C=O) groups excluding carboxylic acids is 1. The van der Waals surface area contributed by atoms with Crippen LogP contribution >= 0.6 is 0 Å². The van der Waals surface area contributed by atoms with Gasteiger partial charge in [0.15, 0.2) is 17.3 Å². The zero-order valence-electron chi connectivity index (χ0n) is 24.5. The molecule has 0 amide bonds. The van der Waals surface area contributed by atoms with Crippen LogP contribution in [0.5, 0.6) is 11.5 Å². The lowest BCUT2D eigenvalue weighted by Crippen LogP contribution is -2.37. The first-order valence-electron chi connectivity index (χ1n) is 13.5. The van der Waals surface area contributed by atoms with Gasteiger partial charge < -0.3 is 14.4 Å². The van der Waals surface area contributed by atoms with E-state index in [-0.39, 0.29) is 37.1 Å². The molecule has 1 aliphatic rings. The van der Waals surface area contributed by atoms with E-state index in [2.05, 4.69) is 0 Å². The molecule has 3 rings (SSSR count). The predicted octanol–water partition coefficient (Wildman–Crippen LogP) is 3.98.